The van der Waals surface area contributed by atoms with Crippen molar-refractivity contribution in [1.29, 1.82) is 0 Å². The zero-order chi connectivity index (χ0) is 14.6. The summed E-state index contributed by atoms with van der Waals surface area (Å²) in [6.07, 6.45) is -0.387. The number of nitrogens with one attached hydrogen (secondary N) is 1. The summed E-state index contributed by atoms with van der Waals surface area (Å²) in [6, 6.07) is 8.71. The number of phenolic OH excluding ortho intramolecular Hbond substituents is 1. The van der Waals surface area contributed by atoms with E-state index >= 15 is 0 Å². The Balaban J connectivity index is 0. The fourth-order valence-corrected chi connectivity index (χ4v) is 0.757. The maximum Gasteiger partial charge on any atom is 0.407 e. The molecule has 0 aliphatic heterocycles. The number of rotatable bonds is 0. The van der Waals surface area contributed by atoms with Gasteiger partial charge in [-0.2, -0.15) is 0 Å². The third kappa shape index (κ3) is 14.3. The summed E-state index contributed by atoms with van der Waals surface area (Å²) in [5.74, 6) is 0.322. The van der Waals surface area contributed by atoms with Gasteiger partial charge in [0.2, 0.25) is 0 Å². The van der Waals surface area contributed by atoms with Crippen molar-refractivity contribution in [3.05, 3.63) is 30.3 Å². The van der Waals surface area contributed by atoms with E-state index < -0.39 is 0 Å². The Kier molecular flexibility index (Phi) is 10.8. The number of phenols is 1. The van der Waals surface area contributed by atoms with Gasteiger partial charge in [0.25, 0.3) is 0 Å². The highest BCUT2D eigenvalue weighted by Gasteiger charge is 2.13. The molecule has 0 bridgehead atoms. The Morgan fingerprint density at radius 1 is 1.17 bits per heavy atom. The molecule has 2 N–H and O–H groups in total. The molecule has 104 valence electrons. The first-order chi connectivity index (χ1) is 8.35. The van der Waals surface area contributed by atoms with Crippen LogP contribution in [0.1, 0.15) is 34.6 Å². The number of hydrogen-bond acceptors (Lipinski definition) is 3. The number of alkyl carbamates (subject to hydrolysis) is 1. The molecule has 4 nitrogen and oxygen atoms in total. The largest absolute Gasteiger partial charge is 0.508 e. The quantitative estimate of drug-likeness (QED) is 0.745. The summed E-state index contributed by atoms with van der Waals surface area (Å²) in [4.78, 5) is 10.5. The van der Waals surface area contributed by atoms with Crippen LogP contribution in [0, 0.1) is 0 Å². The molecule has 0 radical (unpaired) electrons. The van der Waals surface area contributed by atoms with Crippen LogP contribution in [-0.2, 0) is 4.74 Å². The second-order valence-electron chi connectivity index (χ2n) is 4.09. The summed E-state index contributed by atoms with van der Waals surface area (Å²) >= 11 is 0. The van der Waals surface area contributed by atoms with Crippen LogP contribution in [0.25, 0.3) is 0 Å². The van der Waals surface area contributed by atoms with Gasteiger partial charge < -0.3 is 15.2 Å². The normalized spacial score (nSPS) is 9.00. The van der Waals surface area contributed by atoms with E-state index in [9.17, 15) is 4.79 Å². The predicted molar refractivity (Wildman–Crippen MR) is 74.7 cm³/mol. The molecule has 0 heterocycles. The number of carbonyl (C=O) groups is 1. The van der Waals surface area contributed by atoms with E-state index in [0.717, 1.165) is 0 Å². The van der Waals surface area contributed by atoms with Crippen molar-refractivity contribution < 1.29 is 14.6 Å². The minimum absolute atomic E-state index is 0.322. The third-order valence-electron chi connectivity index (χ3n) is 1.36. The van der Waals surface area contributed by atoms with Crippen molar-refractivity contribution in [3.63, 3.8) is 0 Å². The summed E-state index contributed by atoms with van der Waals surface area (Å²) in [5, 5.41) is 11.0. The Hall–Kier alpha value is -1.71. The highest BCUT2D eigenvalue weighted by atomic mass is 16.6. The number of ether oxygens (including phenoxy) is 1. The summed E-state index contributed by atoms with van der Waals surface area (Å²) in [7, 11) is 1.54. The van der Waals surface area contributed by atoms with Crippen LogP contribution in [-0.4, -0.2) is 23.8 Å². The van der Waals surface area contributed by atoms with Gasteiger partial charge in [0.15, 0.2) is 0 Å². The molecule has 0 fully saturated rings. The van der Waals surface area contributed by atoms with Crippen LogP contribution in [0.2, 0.25) is 0 Å². The maximum absolute atomic E-state index is 10.5. The average Bonchev–Trinajstić information content (AvgIpc) is 2.31. The van der Waals surface area contributed by atoms with Crippen molar-refractivity contribution in [2.75, 3.05) is 7.05 Å². The van der Waals surface area contributed by atoms with E-state index in [4.69, 9.17) is 9.84 Å². The van der Waals surface area contributed by atoms with Crippen molar-refractivity contribution in [3.8, 4) is 5.75 Å². The molecule has 0 spiro atoms. The molecule has 0 aliphatic carbocycles. The Bertz CT molecular complexity index is 305. The molecule has 1 aromatic carbocycles. The summed E-state index contributed by atoms with van der Waals surface area (Å²) in [5.41, 5.74) is -0.389. The van der Waals surface area contributed by atoms with Gasteiger partial charge in [0.1, 0.15) is 11.4 Å². The Labute approximate surface area is 110 Å². The number of amides is 1. The lowest BCUT2D eigenvalue weighted by molar-refractivity contribution is 0.0541. The highest BCUT2D eigenvalue weighted by Crippen LogP contribution is 2.05. The first kappa shape index (κ1) is 18.6. The lowest BCUT2D eigenvalue weighted by Crippen LogP contribution is -2.30. The molecule has 18 heavy (non-hydrogen) atoms. The molecule has 0 aliphatic rings. The van der Waals surface area contributed by atoms with Crippen LogP contribution in [0.5, 0.6) is 5.75 Å². The SMILES string of the molecule is CC.CNC(=O)OC(C)(C)C.Oc1ccccc1. The van der Waals surface area contributed by atoms with Gasteiger partial charge >= 0.3 is 6.09 Å². The summed E-state index contributed by atoms with van der Waals surface area (Å²) in [6.45, 7) is 9.47. The van der Waals surface area contributed by atoms with Crippen LogP contribution < -0.4 is 5.32 Å². The second kappa shape index (κ2) is 10.4. The number of benzene rings is 1. The zero-order valence-electron chi connectivity index (χ0n) is 12.2. The molecule has 0 saturated heterocycles. The molecule has 4 heteroatoms. The molecular weight excluding hydrogens is 230 g/mol. The highest BCUT2D eigenvalue weighted by molar-refractivity contribution is 5.67. The van der Waals surface area contributed by atoms with Gasteiger partial charge in [0.05, 0.1) is 0 Å². The minimum atomic E-state index is -0.389. The molecule has 0 aromatic heterocycles. The van der Waals surface area contributed by atoms with E-state index in [1.165, 1.54) is 7.05 Å². The third-order valence-corrected chi connectivity index (χ3v) is 1.36. The van der Waals surface area contributed by atoms with Gasteiger partial charge in [-0.05, 0) is 32.9 Å². The Morgan fingerprint density at radius 3 is 1.78 bits per heavy atom. The minimum Gasteiger partial charge on any atom is -0.508 e. The monoisotopic (exact) mass is 255 g/mol. The lowest BCUT2D eigenvalue weighted by Gasteiger charge is -2.18. The molecule has 0 atom stereocenters. The smallest absolute Gasteiger partial charge is 0.407 e. The van der Waals surface area contributed by atoms with Crippen molar-refractivity contribution in [1.82, 2.24) is 5.32 Å². The number of aromatic hydroxyl groups is 1. The number of hydrogen-bond donors (Lipinski definition) is 2. The van der Waals surface area contributed by atoms with Gasteiger partial charge in [-0.25, -0.2) is 4.79 Å². The fraction of sp³-hybridized carbons (Fsp3) is 0.500. The van der Waals surface area contributed by atoms with Crippen molar-refractivity contribution in [2.24, 2.45) is 0 Å². The van der Waals surface area contributed by atoms with E-state index in [-0.39, 0.29) is 11.7 Å². The van der Waals surface area contributed by atoms with Gasteiger partial charge in [-0.3, -0.25) is 0 Å². The Morgan fingerprint density at radius 2 is 1.61 bits per heavy atom. The van der Waals surface area contributed by atoms with E-state index in [2.05, 4.69) is 5.32 Å². The first-order valence-corrected chi connectivity index (χ1v) is 6.00. The van der Waals surface area contributed by atoms with Gasteiger partial charge in [-0.1, -0.05) is 32.0 Å². The van der Waals surface area contributed by atoms with Gasteiger partial charge in [0, 0.05) is 7.05 Å². The van der Waals surface area contributed by atoms with Crippen molar-refractivity contribution in [2.45, 2.75) is 40.2 Å². The van der Waals surface area contributed by atoms with Crippen molar-refractivity contribution >= 4 is 6.09 Å². The van der Waals surface area contributed by atoms with Crippen LogP contribution in [0.3, 0.4) is 0 Å². The molecule has 1 rings (SSSR count). The maximum atomic E-state index is 10.5. The van der Waals surface area contributed by atoms with E-state index in [1.807, 2.05) is 40.7 Å². The molecule has 1 aromatic rings. The molecule has 0 saturated carbocycles. The predicted octanol–water partition coefficient (Wildman–Crippen LogP) is 3.56. The van der Waals surface area contributed by atoms with Crippen LogP contribution >= 0.6 is 0 Å². The second-order valence-corrected chi connectivity index (χ2v) is 4.09. The zero-order valence-corrected chi connectivity index (χ0v) is 12.2. The molecule has 0 unspecified atom stereocenters. The first-order valence-electron chi connectivity index (χ1n) is 6.00. The van der Waals surface area contributed by atoms with Gasteiger partial charge in [-0.15, -0.1) is 0 Å². The number of para-hydroxylation sites is 1. The average molecular weight is 255 g/mol. The molecular formula is C14H25NO3. The van der Waals surface area contributed by atoms with E-state index in [0.29, 0.717) is 5.75 Å². The lowest BCUT2D eigenvalue weighted by atomic mass is 10.2. The van der Waals surface area contributed by atoms with Crippen LogP contribution in [0.4, 0.5) is 4.79 Å². The summed E-state index contributed by atoms with van der Waals surface area (Å²) < 4.78 is 4.84. The standard InChI is InChI=1S/C6H13NO2.C6H6O.C2H6/c1-6(2,3)9-5(8)7-4;7-6-4-2-1-3-5-6;1-2/h1-4H3,(H,7,8);1-5,7H;1-2H3. The van der Waals surface area contributed by atoms with E-state index in [1.54, 1.807) is 24.3 Å². The van der Waals surface area contributed by atoms with Crippen LogP contribution in [0.15, 0.2) is 30.3 Å². The molecule has 1 amide bonds. The number of carbonyl (C=O) groups excluding carboxylic acids is 1. The fourth-order valence-electron chi connectivity index (χ4n) is 0.757. The topological polar surface area (TPSA) is 58.6 Å².